The molecule has 1 fully saturated rings. The van der Waals surface area contributed by atoms with Crippen LogP contribution in [0, 0.1) is 6.92 Å². The molecule has 5 heterocycles. The standard InChI is InChI=1S/C26H29N9O2/c1-16-13-28-26(29-20-12-19(27)24(30-25(20)36-3)34-8-10-37-11-9-34)31-23(16)35-15-17-14-33(2)21-7-5-4-6-18(21)22(17)32-35/h4-7,12-13,15H,8-11,14,27H2,1-3H3,(H,28,29,31). The number of ether oxygens (including phenoxy) is 2. The lowest BCUT2D eigenvalue weighted by atomic mass is 10.0. The number of fused-ring (bicyclic) bond motifs is 3. The summed E-state index contributed by atoms with van der Waals surface area (Å²) in [4.78, 5) is 18.3. The first-order valence-corrected chi connectivity index (χ1v) is 12.2. The number of nitrogen functional groups attached to an aromatic ring is 1. The van der Waals surface area contributed by atoms with Gasteiger partial charge in [-0.2, -0.15) is 15.1 Å². The first kappa shape index (κ1) is 23.0. The Kier molecular flexibility index (Phi) is 5.76. The molecule has 6 rings (SSSR count). The molecule has 11 nitrogen and oxygen atoms in total. The van der Waals surface area contributed by atoms with E-state index in [2.05, 4.69) is 44.3 Å². The van der Waals surface area contributed by atoms with Crippen molar-refractivity contribution in [3.63, 3.8) is 0 Å². The first-order valence-electron chi connectivity index (χ1n) is 12.2. The minimum absolute atomic E-state index is 0.394. The molecule has 2 aliphatic rings. The molecule has 1 saturated heterocycles. The van der Waals surface area contributed by atoms with Gasteiger partial charge in [0.25, 0.3) is 0 Å². The van der Waals surface area contributed by atoms with Crippen LogP contribution in [-0.2, 0) is 11.3 Å². The van der Waals surface area contributed by atoms with Crippen molar-refractivity contribution < 1.29 is 9.47 Å². The SMILES string of the molecule is COc1nc(N2CCOCC2)c(N)cc1Nc1ncc(C)c(-n2cc3c(n2)-c2ccccc2N(C)C3)n1. The van der Waals surface area contributed by atoms with Crippen molar-refractivity contribution in [3.8, 4) is 23.0 Å². The number of para-hydroxylation sites is 1. The monoisotopic (exact) mass is 499 g/mol. The zero-order chi connectivity index (χ0) is 25.5. The number of methoxy groups -OCH3 is 1. The van der Waals surface area contributed by atoms with E-state index < -0.39 is 0 Å². The Morgan fingerprint density at radius 1 is 1.11 bits per heavy atom. The van der Waals surface area contributed by atoms with Gasteiger partial charge in [-0.05, 0) is 19.1 Å². The van der Waals surface area contributed by atoms with Gasteiger partial charge in [0.15, 0.2) is 11.6 Å². The Balaban J connectivity index is 1.33. The maximum atomic E-state index is 6.38. The largest absolute Gasteiger partial charge is 0.479 e. The number of hydrogen-bond acceptors (Lipinski definition) is 10. The summed E-state index contributed by atoms with van der Waals surface area (Å²) in [6, 6.07) is 10.1. The average Bonchev–Trinajstić information content (AvgIpc) is 3.34. The molecule has 0 unspecified atom stereocenters. The highest BCUT2D eigenvalue weighted by molar-refractivity contribution is 5.81. The van der Waals surface area contributed by atoms with Crippen LogP contribution in [0.4, 0.5) is 28.8 Å². The number of rotatable bonds is 5. The second kappa shape index (κ2) is 9.25. The molecule has 2 aliphatic heterocycles. The van der Waals surface area contributed by atoms with E-state index in [9.17, 15) is 0 Å². The Morgan fingerprint density at radius 2 is 1.92 bits per heavy atom. The van der Waals surface area contributed by atoms with Crippen molar-refractivity contribution in [2.45, 2.75) is 13.5 Å². The van der Waals surface area contributed by atoms with Gasteiger partial charge in [-0.3, -0.25) is 0 Å². The lowest BCUT2D eigenvalue weighted by molar-refractivity contribution is 0.122. The zero-order valence-electron chi connectivity index (χ0n) is 21.1. The van der Waals surface area contributed by atoms with Crippen LogP contribution in [0.5, 0.6) is 5.88 Å². The van der Waals surface area contributed by atoms with E-state index in [1.165, 1.54) is 5.69 Å². The van der Waals surface area contributed by atoms with Crippen LogP contribution in [0.25, 0.3) is 17.1 Å². The molecule has 3 N–H and O–H groups in total. The van der Waals surface area contributed by atoms with Crippen LogP contribution >= 0.6 is 0 Å². The van der Waals surface area contributed by atoms with Gasteiger partial charge >= 0.3 is 0 Å². The van der Waals surface area contributed by atoms with Crippen LogP contribution in [-0.4, -0.2) is 65.2 Å². The van der Waals surface area contributed by atoms with Crippen molar-refractivity contribution in [1.29, 1.82) is 0 Å². The van der Waals surface area contributed by atoms with Gasteiger partial charge < -0.3 is 30.3 Å². The van der Waals surface area contributed by atoms with Crippen LogP contribution in [0.2, 0.25) is 0 Å². The Labute approximate surface area is 214 Å². The lowest BCUT2D eigenvalue weighted by Gasteiger charge is -2.29. The predicted molar refractivity (Wildman–Crippen MR) is 143 cm³/mol. The van der Waals surface area contributed by atoms with Crippen molar-refractivity contribution >= 4 is 28.8 Å². The minimum atomic E-state index is 0.394. The molecule has 0 saturated carbocycles. The van der Waals surface area contributed by atoms with Gasteiger partial charge in [0.05, 0.1) is 31.7 Å². The normalized spacial score (nSPS) is 14.8. The number of nitrogens with zero attached hydrogens (tertiary/aromatic N) is 7. The van der Waals surface area contributed by atoms with Crippen molar-refractivity contribution in [2.75, 3.05) is 61.3 Å². The van der Waals surface area contributed by atoms with E-state index in [1.807, 2.05) is 29.9 Å². The van der Waals surface area contributed by atoms with Crippen molar-refractivity contribution in [3.05, 3.63) is 53.9 Å². The molecule has 0 aliphatic carbocycles. The molecule has 0 spiro atoms. The number of anilines is 5. The number of pyridine rings is 1. The van der Waals surface area contributed by atoms with Crippen LogP contribution in [0.15, 0.2) is 42.7 Å². The van der Waals surface area contributed by atoms with E-state index in [0.717, 1.165) is 42.0 Å². The molecule has 1 aromatic carbocycles. The van der Waals surface area contributed by atoms with Crippen molar-refractivity contribution in [2.24, 2.45) is 0 Å². The van der Waals surface area contributed by atoms with Gasteiger partial charge in [0.1, 0.15) is 5.69 Å². The molecule has 0 bridgehead atoms. The maximum Gasteiger partial charge on any atom is 0.239 e. The fourth-order valence-corrected chi connectivity index (χ4v) is 4.83. The van der Waals surface area contributed by atoms with E-state index in [1.54, 1.807) is 19.4 Å². The third-order valence-corrected chi connectivity index (χ3v) is 6.68. The first-order chi connectivity index (χ1) is 18.0. The Morgan fingerprint density at radius 3 is 2.73 bits per heavy atom. The van der Waals surface area contributed by atoms with E-state index >= 15 is 0 Å². The highest BCUT2D eigenvalue weighted by Gasteiger charge is 2.24. The maximum absolute atomic E-state index is 6.38. The number of aryl methyl sites for hydroxylation is 1. The minimum Gasteiger partial charge on any atom is -0.479 e. The number of aromatic nitrogens is 5. The molecule has 0 amide bonds. The van der Waals surface area contributed by atoms with E-state index in [0.29, 0.717) is 48.1 Å². The predicted octanol–water partition coefficient (Wildman–Crippen LogP) is 3.15. The highest BCUT2D eigenvalue weighted by Crippen LogP contribution is 2.38. The number of nitrogens with two attached hydrogens (primary N) is 1. The third-order valence-electron chi connectivity index (χ3n) is 6.68. The summed E-state index contributed by atoms with van der Waals surface area (Å²) in [5.74, 6) is 2.18. The molecule has 0 radical (unpaired) electrons. The van der Waals surface area contributed by atoms with Gasteiger partial charge in [-0.25, -0.2) is 9.67 Å². The topological polar surface area (TPSA) is 119 Å². The van der Waals surface area contributed by atoms with Crippen LogP contribution < -0.4 is 25.6 Å². The molecular weight excluding hydrogens is 470 g/mol. The smallest absolute Gasteiger partial charge is 0.239 e. The van der Waals surface area contributed by atoms with Crippen molar-refractivity contribution in [1.82, 2.24) is 24.7 Å². The van der Waals surface area contributed by atoms with Gasteiger partial charge in [-0.1, -0.05) is 18.2 Å². The number of morpholine rings is 1. The fraction of sp³-hybridized carbons (Fsp3) is 0.308. The molecule has 11 heteroatoms. The third kappa shape index (κ3) is 4.16. The summed E-state index contributed by atoms with van der Waals surface area (Å²) in [6.45, 7) is 5.48. The number of hydrogen-bond donors (Lipinski definition) is 2. The average molecular weight is 500 g/mol. The molecule has 37 heavy (non-hydrogen) atoms. The van der Waals surface area contributed by atoms with Gasteiger partial charge in [-0.15, -0.1) is 0 Å². The molecule has 3 aromatic heterocycles. The Hall–Kier alpha value is -4.38. The summed E-state index contributed by atoms with van der Waals surface area (Å²) in [5.41, 5.74) is 12.8. The lowest BCUT2D eigenvalue weighted by Crippen LogP contribution is -2.37. The van der Waals surface area contributed by atoms with Gasteiger partial charge in [0, 0.05) is 61.5 Å². The summed E-state index contributed by atoms with van der Waals surface area (Å²) in [5, 5.41) is 8.15. The summed E-state index contributed by atoms with van der Waals surface area (Å²) >= 11 is 0. The molecule has 4 aromatic rings. The zero-order valence-corrected chi connectivity index (χ0v) is 21.1. The second-order valence-electron chi connectivity index (χ2n) is 9.20. The number of nitrogens with one attached hydrogen (secondary N) is 1. The molecule has 0 atom stereocenters. The Bertz CT molecular complexity index is 1460. The fourth-order valence-electron chi connectivity index (χ4n) is 4.83. The quantitative estimate of drug-likeness (QED) is 0.424. The summed E-state index contributed by atoms with van der Waals surface area (Å²) in [7, 11) is 3.67. The second-order valence-corrected chi connectivity index (χ2v) is 9.20. The molecule has 190 valence electrons. The van der Waals surface area contributed by atoms with Crippen LogP contribution in [0.1, 0.15) is 11.1 Å². The molecular formula is C26H29N9O2. The van der Waals surface area contributed by atoms with Gasteiger partial charge in [0.2, 0.25) is 11.8 Å². The van der Waals surface area contributed by atoms with Crippen LogP contribution in [0.3, 0.4) is 0 Å². The van der Waals surface area contributed by atoms with E-state index in [-0.39, 0.29) is 0 Å². The number of benzene rings is 1. The summed E-state index contributed by atoms with van der Waals surface area (Å²) in [6.07, 6.45) is 3.81. The van der Waals surface area contributed by atoms with E-state index in [4.69, 9.17) is 25.3 Å². The highest BCUT2D eigenvalue weighted by atomic mass is 16.5. The summed E-state index contributed by atoms with van der Waals surface area (Å²) < 4.78 is 12.9.